The van der Waals surface area contributed by atoms with E-state index in [-0.39, 0.29) is 11.9 Å². The summed E-state index contributed by atoms with van der Waals surface area (Å²) in [7, 11) is 0. The maximum Gasteiger partial charge on any atom is 0.323 e. The number of carbonyl (C=O) groups excluding carboxylic acids is 2. The molecule has 0 aliphatic rings. The van der Waals surface area contributed by atoms with Crippen LogP contribution >= 0.6 is 0 Å². The van der Waals surface area contributed by atoms with Crippen molar-refractivity contribution >= 4 is 29.0 Å². The first-order valence-corrected chi connectivity index (χ1v) is 7.20. The molecule has 2 rings (SSSR count). The quantitative estimate of drug-likeness (QED) is 0.778. The molecule has 0 heterocycles. The third-order valence-electron chi connectivity index (χ3n) is 2.94. The molecule has 0 aliphatic carbocycles. The van der Waals surface area contributed by atoms with E-state index in [1.54, 1.807) is 24.3 Å². The van der Waals surface area contributed by atoms with Crippen LogP contribution in [0.3, 0.4) is 0 Å². The van der Waals surface area contributed by atoms with Crippen molar-refractivity contribution < 1.29 is 9.59 Å². The van der Waals surface area contributed by atoms with E-state index in [0.717, 1.165) is 12.1 Å². The van der Waals surface area contributed by atoms with Crippen molar-refractivity contribution in [3.05, 3.63) is 54.6 Å². The zero-order valence-corrected chi connectivity index (χ0v) is 12.4. The summed E-state index contributed by atoms with van der Waals surface area (Å²) >= 11 is 0. The fraction of sp³-hybridized carbons (Fsp3) is 0.176. The lowest BCUT2D eigenvalue weighted by molar-refractivity contribution is -0.116. The zero-order valence-electron chi connectivity index (χ0n) is 12.4. The van der Waals surface area contributed by atoms with Crippen molar-refractivity contribution in [2.45, 2.75) is 19.8 Å². The highest BCUT2D eigenvalue weighted by molar-refractivity contribution is 6.00. The molecule has 0 bridgehead atoms. The summed E-state index contributed by atoms with van der Waals surface area (Å²) in [6.45, 7) is 1.96. The number of benzene rings is 2. The first kappa shape index (κ1) is 15.6. The Morgan fingerprint density at radius 2 is 1.27 bits per heavy atom. The second-order valence-corrected chi connectivity index (χ2v) is 4.82. The molecule has 0 saturated carbocycles. The van der Waals surface area contributed by atoms with Gasteiger partial charge >= 0.3 is 6.03 Å². The van der Waals surface area contributed by atoms with Crippen LogP contribution < -0.4 is 16.0 Å². The minimum Gasteiger partial charge on any atom is -0.326 e. The van der Waals surface area contributed by atoms with Crippen LogP contribution in [0.15, 0.2) is 54.6 Å². The second kappa shape index (κ2) is 7.83. The lowest BCUT2D eigenvalue weighted by Crippen LogP contribution is -2.19. The lowest BCUT2D eigenvalue weighted by atomic mass is 10.2. The summed E-state index contributed by atoms with van der Waals surface area (Å²) in [5.41, 5.74) is 2.10. The Balaban J connectivity index is 1.88. The van der Waals surface area contributed by atoms with E-state index in [1.807, 2.05) is 37.3 Å². The van der Waals surface area contributed by atoms with Gasteiger partial charge in [-0.15, -0.1) is 0 Å². The predicted molar refractivity (Wildman–Crippen MR) is 89.1 cm³/mol. The van der Waals surface area contributed by atoms with Gasteiger partial charge in [-0.25, -0.2) is 4.79 Å². The monoisotopic (exact) mass is 297 g/mol. The number of nitrogens with one attached hydrogen (secondary N) is 3. The molecule has 2 aromatic rings. The van der Waals surface area contributed by atoms with E-state index >= 15 is 0 Å². The molecule has 0 spiro atoms. The third kappa shape index (κ3) is 4.94. The molecule has 3 N–H and O–H groups in total. The number of amides is 3. The highest BCUT2D eigenvalue weighted by Gasteiger charge is 2.04. The molecular formula is C17H19N3O2. The van der Waals surface area contributed by atoms with Gasteiger partial charge in [0.25, 0.3) is 0 Å². The Morgan fingerprint density at radius 1 is 0.773 bits per heavy atom. The molecule has 0 saturated heterocycles. The fourth-order valence-corrected chi connectivity index (χ4v) is 1.90. The fourth-order valence-electron chi connectivity index (χ4n) is 1.90. The highest BCUT2D eigenvalue weighted by atomic mass is 16.2. The van der Waals surface area contributed by atoms with Crippen LogP contribution in [0.25, 0.3) is 0 Å². The summed E-state index contributed by atoms with van der Waals surface area (Å²) in [6.07, 6.45) is 1.31. The third-order valence-corrected chi connectivity index (χ3v) is 2.94. The largest absolute Gasteiger partial charge is 0.326 e. The number of urea groups is 1. The SMILES string of the molecule is CCCC(=O)Nc1ccc(NC(=O)Nc2ccccc2)cc1. The van der Waals surface area contributed by atoms with Gasteiger partial charge in [0.15, 0.2) is 0 Å². The van der Waals surface area contributed by atoms with Gasteiger partial charge in [0.1, 0.15) is 0 Å². The molecule has 3 amide bonds. The van der Waals surface area contributed by atoms with Crippen LogP contribution in [0.4, 0.5) is 21.9 Å². The Kier molecular flexibility index (Phi) is 5.54. The van der Waals surface area contributed by atoms with Crippen molar-refractivity contribution in [2.24, 2.45) is 0 Å². The molecular weight excluding hydrogens is 278 g/mol. The lowest BCUT2D eigenvalue weighted by Gasteiger charge is -2.09. The van der Waals surface area contributed by atoms with Crippen molar-refractivity contribution in [3.63, 3.8) is 0 Å². The van der Waals surface area contributed by atoms with Gasteiger partial charge < -0.3 is 16.0 Å². The molecule has 5 heteroatoms. The normalized spacial score (nSPS) is 9.86. The standard InChI is InChI=1S/C17H19N3O2/c1-2-6-16(21)18-14-9-11-15(12-10-14)20-17(22)19-13-7-4-3-5-8-13/h3-5,7-12H,2,6H2,1H3,(H,18,21)(H2,19,20,22). The average Bonchev–Trinajstić information content (AvgIpc) is 2.50. The summed E-state index contributed by atoms with van der Waals surface area (Å²) in [4.78, 5) is 23.3. The summed E-state index contributed by atoms with van der Waals surface area (Å²) < 4.78 is 0. The van der Waals surface area contributed by atoms with Crippen molar-refractivity contribution in [1.29, 1.82) is 0 Å². The number of rotatable bonds is 5. The van der Waals surface area contributed by atoms with Gasteiger partial charge in [0.05, 0.1) is 0 Å². The maximum absolute atomic E-state index is 11.8. The Labute approximate surface area is 129 Å². The Hall–Kier alpha value is -2.82. The minimum absolute atomic E-state index is 0.00923. The summed E-state index contributed by atoms with van der Waals surface area (Å²) in [5, 5.41) is 8.26. The summed E-state index contributed by atoms with van der Waals surface area (Å²) in [6, 6.07) is 15.9. The van der Waals surface area contributed by atoms with Crippen molar-refractivity contribution in [2.75, 3.05) is 16.0 Å². The molecule has 0 unspecified atom stereocenters. The van der Waals surface area contributed by atoms with Crippen LogP contribution in [0, 0.1) is 0 Å². The first-order chi connectivity index (χ1) is 10.7. The predicted octanol–water partition coefficient (Wildman–Crippen LogP) is 4.07. The number of carbonyl (C=O) groups is 2. The summed E-state index contributed by atoms with van der Waals surface area (Å²) in [5.74, 6) is -0.00923. The minimum atomic E-state index is -0.311. The molecule has 22 heavy (non-hydrogen) atoms. The molecule has 0 radical (unpaired) electrons. The first-order valence-electron chi connectivity index (χ1n) is 7.20. The number of para-hydroxylation sites is 1. The smallest absolute Gasteiger partial charge is 0.323 e. The van der Waals surface area contributed by atoms with E-state index in [1.165, 1.54) is 0 Å². The second-order valence-electron chi connectivity index (χ2n) is 4.82. The van der Waals surface area contributed by atoms with Gasteiger partial charge in [-0.2, -0.15) is 0 Å². The van der Waals surface area contributed by atoms with E-state index in [0.29, 0.717) is 17.8 Å². The van der Waals surface area contributed by atoms with Gasteiger partial charge in [-0.1, -0.05) is 25.1 Å². The molecule has 114 valence electrons. The number of hydrogen-bond donors (Lipinski definition) is 3. The highest BCUT2D eigenvalue weighted by Crippen LogP contribution is 2.14. The Morgan fingerprint density at radius 3 is 1.82 bits per heavy atom. The van der Waals surface area contributed by atoms with Gasteiger partial charge in [-0.05, 0) is 42.8 Å². The Bertz CT molecular complexity index is 624. The van der Waals surface area contributed by atoms with Crippen LogP contribution in [0.5, 0.6) is 0 Å². The molecule has 0 fully saturated rings. The van der Waals surface area contributed by atoms with Crippen LogP contribution in [-0.4, -0.2) is 11.9 Å². The zero-order chi connectivity index (χ0) is 15.8. The average molecular weight is 297 g/mol. The van der Waals surface area contributed by atoms with Gasteiger partial charge in [0.2, 0.25) is 5.91 Å². The van der Waals surface area contributed by atoms with Crippen LogP contribution in [0.2, 0.25) is 0 Å². The molecule has 0 aliphatic heterocycles. The van der Waals surface area contributed by atoms with Crippen molar-refractivity contribution in [1.82, 2.24) is 0 Å². The number of hydrogen-bond acceptors (Lipinski definition) is 2. The molecule has 5 nitrogen and oxygen atoms in total. The maximum atomic E-state index is 11.8. The van der Waals surface area contributed by atoms with E-state index < -0.39 is 0 Å². The molecule has 0 atom stereocenters. The van der Waals surface area contributed by atoms with Crippen molar-refractivity contribution in [3.8, 4) is 0 Å². The van der Waals surface area contributed by atoms with Gasteiger partial charge in [0, 0.05) is 23.5 Å². The van der Waals surface area contributed by atoms with Gasteiger partial charge in [-0.3, -0.25) is 4.79 Å². The van der Waals surface area contributed by atoms with E-state index in [9.17, 15) is 9.59 Å². The topological polar surface area (TPSA) is 70.2 Å². The van der Waals surface area contributed by atoms with E-state index in [2.05, 4.69) is 16.0 Å². The van der Waals surface area contributed by atoms with Crippen LogP contribution in [0.1, 0.15) is 19.8 Å². The molecule has 2 aromatic carbocycles. The van der Waals surface area contributed by atoms with Crippen LogP contribution in [-0.2, 0) is 4.79 Å². The van der Waals surface area contributed by atoms with E-state index in [4.69, 9.17) is 0 Å². The number of anilines is 3. The molecule has 0 aromatic heterocycles.